The van der Waals surface area contributed by atoms with Gasteiger partial charge >= 0.3 is 0 Å². The molecule has 0 unspecified atom stereocenters. The predicted molar refractivity (Wildman–Crippen MR) is 64.3 cm³/mol. The summed E-state index contributed by atoms with van der Waals surface area (Å²) in [6.45, 7) is 0. The van der Waals surface area contributed by atoms with Gasteiger partial charge in [0.15, 0.2) is 0 Å². The number of aryl methyl sites for hydroxylation is 2. The Balaban J connectivity index is 1.93. The van der Waals surface area contributed by atoms with Crippen molar-refractivity contribution in [1.29, 1.82) is 0 Å². The molecule has 0 spiro atoms. The summed E-state index contributed by atoms with van der Waals surface area (Å²) >= 11 is 1.77. The molecule has 0 aliphatic rings. The van der Waals surface area contributed by atoms with E-state index in [-0.39, 0.29) is 0 Å². The molecule has 0 fully saturated rings. The summed E-state index contributed by atoms with van der Waals surface area (Å²) in [5, 5.41) is 0. The van der Waals surface area contributed by atoms with Crippen molar-refractivity contribution in [1.82, 2.24) is 0 Å². The summed E-state index contributed by atoms with van der Waals surface area (Å²) in [5.41, 5.74) is 1.37. The summed E-state index contributed by atoms with van der Waals surface area (Å²) in [6, 6.07) is 12.7. The van der Waals surface area contributed by atoms with Crippen LogP contribution < -0.4 is 0 Å². The van der Waals surface area contributed by atoms with Crippen LogP contribution in [0, 0.1) is 0 Å². The van der Waals surface area contributed by atoms with Gasteiger partial charge in [0.05, 0.1) is 6.26 Å². The minimum atomic E-state index is 0.978. The van der Waals surface area contributed by atoms with Crippen LogP contribution in [0.1, 0.15) is 11.3 Å². The first-order valence-electron chi connectivity index (χ1n) is 5.04. The molecule has 1 nitrogen and oxygen atoms in total. The van der Waals surface area contributed by atoms with Crippen LogP contribution in [0.15, 0.2) is 52.0 Å². The maximum absolute atomic E-state index is 5.30. The first kappa shape index (κ1) is 10.4. The molecule has 2 heteroatoms. The molecule has 2 rings (SSSR count). The predicted octanol–water partition coefficient (Wildman–Crippen LogP) is 3.79. The molecule has 0 radical (unpaired) electrons. The Morgan fingerprint density at radius 1 is 1.07 bits per heavy atom. The lowest BCUT2D eigenvalue weighted by molar-refractivity contribution is 0.508. The van der Waals surface area contributed by atoms with Crippen LogP contribution in [-0.4, -0.2) is 6.26 Å². The molecular formula is C13H14OS. The average Bonchev–Trinajstić information content (AvgIpc) is 2.80. The van der Waals surface area contributed by atoms with E-state index in [2.05, 4.69) is 30.5 Å². The molecule has 0 atom stereocenters. The first-order valence-corrected chi connectivity index (χ1v) is 6.26. The van der Waals surface area contributed by atoms with Crippen LogP contribution in [0.2, 0.25) is 0 Å². The zero-order valence-electron chi connectivity index (χ0n) is 8.77. The van der Waals surface area contributed by atoms with Crippen LogP contribution in [0.4, 0.5) is 0 Å². The van der Waals surface area contributed by atoms with Crippen molar-refractivity contribution in [3.8, 4) is 0 Å². The molecule has 1 aromatic carbocycles. The normalized spacial score (nSPS) is 10.5. The van der Waals surface area contributed by atoms with E-state index >= 15 is 0 Å². The fourth-order valence-corrected chi connectivity index (χ4v) is 1.92. The van der Waals surface area contributed by atoms with Gasteiger partial charge in [0.1, 0.15) is 5.76 Å². The lowest BCUT2D eigenvalue weighted by Crippen LogP contribution is -1.89. The Kier molecular flexibility index (Phi) is 3.51. The molecule has 0 bridgehead atoms. The van der Waals surface area contributed by atoms with Crippen molar-refractivity contribution >= 4 is 11.8 Å². The largest absolute Gasteiger partial charge is 0.469 e. The molecule has 1 aromatic heterocycles. The number of rotatable bonds is 4. The molecule has 1 heterocycles. The smallest absolute Gasteiger partial charge is 0.104 e. The minimum Gasteiger partial charge on any atom is -0.469 e. The molecular weight excluding hydrogens is 204 g/mol. The number of hydrogen-bond acceptors (Lipinski definition) is 2. The van der Waals surface area contributed by atoms with E-state index in [1.807, 2.05) is 12.1 Å². The third-order valence-corrected chi connectivity index (χ3v) is 3.14. The molecule has 0 N–H and O–H groups in total. The standard InChI is InChI=1S/C13H14OS/c1-15-13-8-5-11(6-9-13)4-7-12-3-2-10-14-12/h2-3,5-6,8-10H,4,7H2,1H3. The van der Waals surface area contributed by atoms with Gasteiger partial charge in [-0.2, -0.15) is 0 Å². The van der Waals surface area contributed by atoms with Gasteiger partial charge < -0.3 is 4.42 Å². The van der Waals surface area contributed by atoms with E-state index in [9.17, 15) is 0 Å². The van der Waals surface area contributed by atoms with Gasteiger partial charge in [-0.1, -0.05) is 12.1 Å². The molecule has 2 aromatic rings. The van der Waals surface area contributed by atoms with Crippen LogP contribution >= 0.6 is 11.8 Å². The monoisotopic (exact) mass is 218 g/mol. The zero-order valence-corrected chi connectivity index (χ0v) is 9.59. The van der Waals surface area contributed by atoms with Gasteiger partial charge in [-0.15, -0.1) is 11.8 Å². The van der Waals surface area contributed by atoms with Gasteiger partial charge in [0.2, 0.25) is 0 Å². The second-order valence-corrected chi connectivity index (χ2v) is 4.31. The van der Waals surface area contributed by atoms with E-state index < -0.39 is 0 Å². The Bertz CT molecular complexity index is 389. The molecule has 0 aliphatic heterocycles. The Hall–Kier alpha value is -1.15. The number of thioether (sulfide) groups is 1. The molecule has 0 amide bonds. The van der Waals surface area contributed by atoms with Crippen LogP contribution in [-0.2, 0) is 12.8 Å². The maximum Gasteiger partial charge on any atom is 0.104 e. The third kappa shape index (κ3) is 2.90. The highest BCUT2D eigenvalue weighted by atomic mass is 32.2. The fraction of sp³-hybridized carbons (Fsp3) is 0.231. The van der Waals surface area contributed by atoms with Gasteiger partial charge in [0, 0.05) is 11.3 Å². The summed E-state index contributed by atoms with van der Waals surface area (Å²) in [4.78, 5) is 1.32. The van der Waals surface area contributed by atoms with Crippen LogP contribution in [0.25, 0.3) is 0 Å². The van der Waals surface area contributed by atoms with E-state index in [1.165, 1.54) is 10.5 Å². The molecule has 15 heavy (non-hydrogen) atoms. The van der Waals surface area contributed by atoms with Gasteiger partial charge in [0.25, 0.3) is 0 Å². The van der Waals surface area contributed by atoms with E-state index in [4.69, 9.17) is 4.42 Å². The second kappa shape index (κ2) is 5.08. The van der Waals surface area contributed by atoms with Gasteiger partial charge in [-0.05, 0) is 42.5 Å². The quantitative estimate of drug-likeness (QED) is 0.724. The van der Waals surface area contributed by atoms with Crippen molar-refractivity contribution in [2.45, 2.75) is 17.7 Å². The summed E-state index contributed by atoms with van der Waals surface area (Å²) in [6.07, 6.45) is 5.85. The second-order valence-electron chi connectivity index (χ2n) is 3.43. The third-order valence-electron chi connectivity index (χ3n) is 2.40. The number of benzene rings is 1. The summed E-state index contributed by atoms with van der Waals surface area (Å²) in [5.74, 6) is 1.06. The number of furan rings is 1. The SMILES string of the molecule is CSc1ccc(CCc2ccco2)cc1. The van der Waals surface area contributed by atoms with Crippen molar-refractivity contribution in [2.75, 3.05) is 6.26 Å². The lowest BCUT2D eigenvalue weighted by atomic mass is 10.1. The van der Waals surface area contributed by atoms with Crippen LogP contribution in [0.5, 0.6) is 0 Å². The Labute approximate surface area is 94.5 Å². The van der Waals surface area contributed by atoms with Gasteiger partial charge in [-0.3, -0.25) is 0 Å². The van der Waals surface area contributed by atoms with E-state index in [1.54, 1.807) is 18.0 Å². The topological polar surface area (TPSA) is 13.1 Å². The van der Waals surface area contributed by atoms with Crippen molar-refractivity contribution < 1.29 is 4.42 Å². The maximum atomic E-state index is 5.30. The van der Waals surface area contributed by atoms with Crippen molar-refractivity contribution in [3.05, 3.63) is 54.0 Å². The highest BCUT2D eigenvalue weighted by Gasteiger charge is 1.98. The van der Waals surface area contributed by atoms with Crippen molar-refractivity contribution in [2.24, 2.45) is 0 Å². The Morgan fingerprint density at radius 2 is 1.87 bits per heavy atom. The molecule has 0 saturated carbocycles. The lowest BCUT2D eigenvalue weighted by Gasteiger charge is -2.01. The summed E-state index contributed by atoms with van der Waals surface area (Å²) in [7, 11) is 0. The minimum absolute atomic E-state index is 0.978. The molecule has 78 valence electrons. The first-order chi connectivity index (χ1) is 7.38. The Morgan fingerprint density at radius 3 is 2.47 bits per heavy atom. The molecule has 0 aliphatic carbocycles. The van der Waals surface area contributed by atoms with Crippen molar-refractivity contribution in [3.63, 3.8) is 0 Å². The highest BCUT2D eigenvalue weighted by Crippen LogP contribution is 2.16. The summed E-state index contributed by atoms with van der Waals surface area (Å²) < 4.78 is 5.30. The molecule has 0 saturated heterocycles. The zero-order chi connectivity index (χ0) is 10.5. The van der Waals surface area contributed by atoms with Gasteiger partial charge in [-0.25, -0.2) is 0 Å². The van der Waals surface area contributed by atoms with E-state index in [0.717, 1.165) is 18.6 Å². The highest BCUT2D eigenvalue weighted by molar-refractivity contribution is 7.98. The van der Waals surface area contributed by atoms with E-state index in [0.29, 0.717) is 0 Å². The number of hydrogen-bond donors (Lipinski definition) is 0. The fourth-order valence-electron chi connectivity index (χ4n) is 1.51. The average molecular weight is 218 g/mol. The van der Waals surface area contributed by atoms with Crippen LogP contribution in [0.3, 0.4) is 0 Å².